The molecule has 0 unspecified atom stereocenters. The zero-order valence-electron chi connectivity index (χ0n) is 11.3. The minimum Gasteiger partial charge on any atom is -0.325 e. The fourth-order valence-electron chi connectivity index (χ4n) is 1.83. The third-order valence-electron chi connectivity index (χ3n) is 2.71. The Bertz CT molecular complexity index is 532. The first-order chi connectivity index (χ1) is 9.15. The lowest BCUT2D eigenvalue weighted by atomic mass is 10.1. The molecule has 1 aromatic carbocycles. The molecule has 1 N–H and O–H groups in total. The quantitative estimate of drug-likeness (QED) is 0.903. The number of rotatable bonds is 4. The predicted molar refractivity (Wildman–Crippen MR) is 77.8 cm³/mol. The number of nitrogens with zero attached hydrogens (tertiary/aromatic N) is 1. The van der Waals surface area contributed by atoms with Gasteiger partial charge < -0.3 is 5.32 Å². The minimum absolute atomic E-state index is 0.0317. The fourth-order valence-corrected chi connectivity index (χ4v) is 1.83. The summed E-state index contributed by atoms with van der Waals surface area (Å²) < 4.78 is 0. The van der Waals surface area contributed by atoms with Crippen molar-refractivity contribution < 1.29 is 4.79 Å². The van der Waals surface area contributed by atoms with Crippen molar-refractivity contribution in [2.75, 3.05) is 5.32 Å². The van der Waals surface area contributed by atoms with Crippen LogP contribution in [0.4, 0.5) is 5.69 Å². The Morgan fingerprint density at radius 3 is 2.47 bits per heavy atom. The second-order valence-corrected chi connectivity index (χ2v) is 4.94. The van der Waals surface area contributed by atoms with Crippen LogP contribution in [0.2, 0.25) is 0 Å². The minimum atomic E-state index is 0.0317. The van der Waals surface area contributed by atoms with Gasteiger partial charge in [-0.1, -0.05) is 44.2 Å². The van der Waals surface area contributed by atoms with Gasteiger partial charge in [0.1, 0.15) is 0 Å². The Labute approximate surface area is 113 Å². The zero-order chi connectivity index (χ0) is 13.7. The summed E-state index contributed by atoms with van der Waals surface area (Å²) in [7, 11) is 0. The summed E-state index contributed by atoms with van der Waals surface area (Å²) in [5.41, 5.74) is 2.72. The van der Waals surface area contributed by atoms with Crippen molar-refractivity contribution in [1.82, 2.24) is 4.98 Å². The van der Waals surface area contributed by atoms with Gasteiger partial charge in [-0.05, 0) is 18.1 Å². The summed E-state index contributed by atoms with van der Waals surface area (Å²) >= 11 is 0. The standard InChI is InChI=1S/C16H18N2O/c1-12(2)10-16(19)18-14-8-9-15(17-11-14)13-6-4-3-5-7-13/h3-9,11-12H,10H2,1-2H3,(H,18,19). The molecular weight excluding hydrogens is 236 g/mol. The molecule has 0 fully saturated rings. The third kappa shape index (κ3) is 3.91. The Morgan fingerprint density at radius 2 is 1.89 bits per heavy atom. The molecule has 1 aromatic heterocycles. The maximum atomic E-state index is 11.6. The van der Waals surface area contributed by atoms with Crippen molar-refractivity contribution in [2.45, 2.75) is 20.3 Å². The summed E-state index contributed by atoms with van der Waals surface area (Å²) in [6.07, 6.45) is 2.22. The van der Waals surface area contributed by atoms with Crippen molar-refractivity contribution in [3.63, 3.8) is 0 Å². The summed E-state index contributed by atoms with van der Waals surface area (Å²) in [6.45, 7) is 4.05. The molecule has 3 heteroatoms. The third-order valence-corrected chi connectivity index (χ3v) is 2.71. The van der Waals surface area contributed by atoms with Crippen LogP contribution in [0.1, 0.15) is 20.3 Å². The lowest BCUT2D eigenvalue weighted by molar-refractivity contribution is -0.116. The van der Waals surface area contributed by atoms with E-state index in [9.17, 15) is 4.79 Å². The van der Waals surface area contributed by atoms with Gasteiger partial charge >= 0.3 is 0 Å². The molecule has 0 aliphatic carbocycles. The van der Waals surface area contributed by atoms with E-state index in [1.165, 1.54) is 0 Å². The summed E-state index contributed by atoms with van der Waals surface area (Å²) in [5, 5.41) is 2.85. The van der Waals surface area contributed by atoms with Crippen LogP contribution >= 0.6 is 0 Å². The van der Waals surface area contributed by atoms with Gasteiger partial charge in [-0.15, -0.1) is 0 Å². The van der Waals surface area contributed by atoms with Gasteiger partial charge in [0.15, 0.2) is 0 Å². The second kappa shape index (κ2) is 6.14. The first kappa shape index (κ1) is 13.3. The van der Waals surface area contributed by atoms with Gasteiger partial charge in [0.2, 0.25) is 5.91 Å². The van der Waals surface area contributed by atoms with E-state index in [0.29, 0.717) is 12.3 Å². The maximum absolute atomic E-state index is 11.6. The number of anilines is 1. The van der Waals surface area contributed by atoms with Crippen molar-refractivity contribution in [3.05, 3.63) is 48.7 Å². The summed E-state index contributed by atoms with van der Waals surface area (Å²) in [5.74, 6) is 0.390. The molecular formula is C16H18N2O. The highest BCUT2D eigenvalue weighted by atomic mass is 16.1. The molecule has 19 heavy (non-hydrogen) atoms. The number of nitrogens with one attached hydrogen (secondary N) is 1. The average Bonchev–Trinajstić information content (AvgIpc) is 2.39. The lowest BCUT2D eigenvalue weighted by Crippen LogP contribution is -2.13. The zero-order valence-corrected chi connectivity index (χ0v) is 11.3. The molecule has 0 bridgehead atoms. The molecule has 0 radical (unpaired) electrons. The molecule has 1 amide bonds. The van der Waals surface area contributed by atoms with Gasteiger partial charge in [-0.25, -0.2) is 0 Å². The molecule has 2 rings (SSSR count). The topological polar surface area (TPSA) is 42.0 Å². The normalized spacial score (nSPS) is 10.5. The Kier molecular flexibility index (Phi) is 4.29. The van der Waals surface area contributed by atoms with E-state index in [2.05, 4.69) is 10.3 Å². The van der Waals surface area contributed by atoms with E-state index in [0.717, 1.165) is 16.9 Å². The first-order valence-corrected chi connectivity index (χ1v) is 6.46. The first-order valence-electron chi connectivity index (χ1n) is 6.46. The highest BCUT2D eigenvalue weighted by Crippen LogP contribution is 2.18. The van der Waals surface area contributed by atoms with Crippen molar-refractivity contribution >= 4 is 11.6 Å². The fraction of sp³-hybridized carbons (Fsp3) is 0.250. The highest BCUT2D eigenvalue weighted by molar-refractivity contribution is 5.90. The maximum Gasteiger partial charge on any atom is 0.224 e. The SMILES string of the molecule is CC(C)CC(=O)Nc1ccc(-c2ccccc2)nc1. The molecule has 0 aliphatic heterocycles. The molecule has 0 saturated heterocycles. The van der Waals surface area contributed by atoms with E-state index in [1.807, 2.05) is 56.3 Å². The largest absolute Gasteiger partial charge is 0.325 e. The average molecular weight is 254 g/mol. The van der Waals surface area contributed by atoms with Crippen molar-refractivity contribution in [2.24, 2.45) is 5.92 Å². The predicted octanol–water partition coefficient (Wildman–Crippen LogP) is 3.73. The number of benzene rings is 1. The van der Waals surface area contributed by atoms with Crippen molar-refractivity contribution in [1.29, 1.82) is 0 Å². The Balaban J connectivity index is 2.05. The van der Waals surface area contributed by atoms with Gasteiger partial charge in [0, 0.05) is 12.0 Å². The van der Waals surface area contributed by atoms with Crippen LogP contribution in [0.5, 0.6) is 0 Å². The number of amides is 1. The van der Waals surface area contributed by atoms with E-state index in [-0.39, 0.29) is 5.91 Å². The van der Waals surface area contributed by atoms with Gasteiger partial charge in [-0.2, -0.15) is 0 Å². The molecule has 0 spiro atoms. The molecule has 0 atom stereocenters. The lowest BCUT2D eigenvalue weighted by Gasteiger charge is -2.07. The van der Waals surface area contributed by atoms with E-state index < -0.39 is 0 Å². The molecule has 0 saturated carbocycles. The molecule has 98 valence electrons. The van der Waals surface area contributed by atoms with Crippen LogP contribution in [-0.2, 0) is 4.79 Å². The molecule has 2 aromatic rings. The Morgan fingerprint density at radius 1 is 1.16 bits per heavy atom. The van der Waals surface area contributed by atoms with Crippen LogP contribution < -0.4 is 5.32 Å². The van der Waals surface area contributed by atoms with Crippen LogP contribution in [0.15, 0.2) is 48.7 Å². The van der Waals surface area contributed by atoms with E-state index in [4.69, 9.17) is 0 Å². The van der Waals surface area contributed by atoms with Crippen LogP contribution in [-0.4, -0.2) is 10.9 Å². The second-order valence-electron chi connectivity index (χ2n) is 4.94. The van der Waals surface area contributed by atoms with E-state index in [1.54, 1.807) is 6.20 Å². The smallest absolute Gasteiger partial charge is 0.224 e. The number of hydrogen-bond acceptors (Lipinski definition) is 2. The molecule has 1 heterocycles. The summed E-state index contributed by atoms with van der Waals surface area (Å²) in [4.78, 5) is 16.0. The Hall–Kier alpha value is -2.16. The number of aromatic nitrogens is 1. The van der Waals surface area contributed by atoms with E-state index >= 15 is 0 Å². The highest BCUT2D eigenvalue weighted by Gasteiger charge is 2.05. The van der Waals surface area contributed by atoms with Gasteiger partial charge in [0.25, 0.3) is 0 Å². The number of carbonyl (C=O) groups is 1. The molecule has 0 aliphatic rings. The monoisotopic (exact) mass is 254 g/mol. The van der Waals surface area contributed by atoms with Crippen molar-refractivity contribution in [3.8, 4) is 11.3 Å². The van der Waals surface area contributed by atoms with Crippen LogP contribution in [0.3, 0.4) is 0 Å². The summed E-state index contributed by atoms with van der Waals surface area (Å²) in [6, 6.07) is 13.8. The number of pyridine rings is 1. The van der Waals surface area contributed by atoms with Gasteiger partial charge in [0.05, 0.1) is 17.6 Å². The van der Waals surface area contributed by atoms with Gasteiger partial charge in [-0.3, -0.25) is 9.78 Å². The van der Waals surface area contributed by atoms with Crippen LogP contribution in [0, 0.1) is 5.92 Å². The number of carbonyl (C=O) groups excluding carboxylic acids is 1. The molecule has 3 nitrogen and oxygen atoms in total. The van der Waals surface area contributed by atoms with Crippen LogP contribution in [0.25, 0.3) is 11.3 Å². The number of hydrogen-bond donors (Lipinski definition) is 1.